The van der Waals surface area contributed by atoms with E-state index in [0.29, 0.717) is 17.1 Å². The molecule has 0 aromatic heterocycles. The van der Waals surface area contributed by atoms with Crippen LogP contribution in [0.3, 0.4) is 0 Å². The second-order valence-electron chi connectivity index (χ2n) is 4.96. The fraction of sp³-hybridized carbons (Fsp3) is 0.111. The molecule has 0 spiro atoms. The first-order valence-corrected chi connectivity index (χ1v) is 7.11. The molecule has 0 saturated carbocycles. The Hall–Kier alpha value is -3.15. The van der Waals surface area contributed by atoms with Crippen molar-refractivity contribution in [2.75, 3.05) is 14.2 Å². The van der Waals surface area contributed by atoms with Gasteiger partial charge in [-0.25, -0.2) is 14.2 Å². The summed E-state index contributed by atoms with van der Waals surface area (Å²) in [7, 11) is 3.04. The van der Waals surface area contributed by atoms with Crippen molar-refractivity contribution in [3.05, 3.63) is 65.1 Å². The molecule has 0 aliphatic carbocycles. The van der Waals surface area contributed by atoms with Gasteiger partial charge in [-0.3, -0.25) is 0 Å². The summed E-state index contributed by atoms with van der Waals surface area (Å²) >= 11 is 0. The Morgan fingerprint density at radius 1 is 1.08 bits per heavy atom. The molecule has 5 nitrogen and oxygen atoms in total. The molecule has 0 unspecified atom stereocenters. The van der Waals surface area contributed by atoms with E-state index in [0.717, 1.165) is 0 Å². The van der Waals surface area contributed by atoms with Crippen molar-refractivity contribution in [1.29, 1.82) is 0 Å². The van der Waals surface area contributed by atoms with E-state index in [2.05, 4.69) is 4.99 Å². The van der Waals surface area contributed by atoms with Crippen molar-refractivity contribution in [2.24, 2.45) is 4.99 Å². The molecular weight excluding hydrogens is 313 g/mol. The molecule has 24 heavy (non-hydrogen) atoms. The fourth-order valence-corrected chi connectivity index (χ4v) is 2.20. The van der Waals surface area contributed by atoms with Crippen molar-refractivity contribution < 1.29 is 23.4 Å². The highest BCUT2D eigenvalue weighted by Gasteiger charge is 2.25. The summed E-state index contributed by atoms with van der Waals surface area (Å²) in [5, 5.41) is 0. The van der Waals surface area contributed by atoms with Crippen molar-refractivity contribution in [3.63, 3.8) is 0 Å². The fourth-order valence-electron chi connectivity index (χ4n) is 2.20. The third kappa shape index (κ3) is 3.12. The third-order valence-corrected chi connectivity index (χ3v) is 3.42. The van der Waals surface area contributed by atoms with Crippen LogP contribution in [0.2, 0.25) is 0 Å². The summed E-state index contributed by atoms with van der Waals surface area (Å²) < 4.78 is 29.3. The van der Waals surface area contributed by atoms with Crippen LogP contribution in [0, 0.1) is 5.82 Å². The maximum atomic E-state index is 13.7. The van der Waals surface area contributed by atoms with Crippen LogP contribution in [0.4, 0.5) is 4.39 Å². The van der Waals surface area contributed by atoms with E-state index in [-0.39, 0.29) is 17.2 Å². The smallest absolute Gasteiger partial charge is 0.363 e. The summed E-state index contributed by atoms with van der Waals surface area (Å²) in [6, 6.07) is 11.1. The molecule has 0 saturated heterocycles. The molecule has 0 fully saturated rings. The average Bonchev–Trinajstić information content (AvgIpc) is 2.97. The highest BCUT2D eigenvalue weighted by atomic mass is 19.1. The molecule has 0 N–H and O–H groups in total. The number of ether oxygens (including phenoxy) is 3. The van der Waals surface area contributed by atoms with E-state index in [4.69, 9.17) is 14.2 Å². The number of carbonyl (C=O) groups excluding carboxylic acids is 1. The summed E-state index contributed by atoms with van der Waals surface area (Å²) in [4.78, 5) is 16.1. The Labute approximate surface area is 138 Å². The molecule has 0 bridgehead atoms. The predicted octanol–water partition coefficient (Wildman–Crippen LogP) is 3.19. The minimum Gasteiger partial charge on any atom is -0.497 e. The summed E-state index contributed by atoms with van der Waals surface area (Å²) in [5.74, 6) is 0.101. The molecule has 0 amide bonds. The largest absolute Gasteiger partial charge is 0.497 e. The number of hydrogen-bond acceptors (Lipinski definition) is 5. The van der Waals surface area contributed by atoms with E-state index >= 15 is 0 Å². The van der Waals surface area contributed by atoms with Gasteiger partial charge < -0.3 is 14.2 Å². The van der Waals surface area contributed by atoms with Gasteiger partial charge in [-0.05, 0) is 24.3 Å². The van der Waals surface area contributed by atoms with Crippen molar-refractivity contribution in [2.45, 2.75) is 0 Å². The minimum absolute atomic E-state index is 0.0249. The number of methoxy groups -OCH3 is 2. The van der Waals surface area contributed by atoms with Crippen LogP contribution in [-0.2, 0) is 9.53 Å². The van der Waals surface area contributed by atoms with E-state index in [1.54, 1.807) is 36.4 Å². The highest BCUT2D eigenvalue weighted by Crippen LogP contribution is 2.26. The van der Waals surface area contributed by atoms with Gasteiger partial charge in [0, 0.05) is 17.2 Å². The number of aliphatic imine (C=N–C) groups is 1. The van der Waals surface area contributed by atoms with E-state index in [1.807, 2.05) is 0 Å². The number of halogens is 1. The monoisotopic (exact) mass is 327 g/mol. The predicted molar refractivity (Wildman–Crippen MR) is 86.6 cm³/mol. The first-order chi connectivity index (χ1) is 11.6. The topological polar surface area (TPSA) is 57.1 Å². The van der Waals surface area contributed by atoms with Crippen LogP contribution < -0.4 is 9.47 Å². The molecule has 0 atom stereocenters. The van der Waals surface area contributed by atoms with Gasteiger partial charge in [0.1, 0.15) is 17.3 Å². The lowest BCUT2D eigenvalue weighted by Crippen LogP contribution is -2.06. The van der Waals surface area contributed by atoms with E-state index in [1.165, 1.54) is 26.4 Å². The maximum Gasteiger partial charge on any atom is 0.363 e. The van der Waals surface area contributed by atoms with Gasteiger partial charge in [0.05, 0.1) is 14.2 Å². The van der Waals surface area contributed by atoms with E-state index < -0.39 is 11.8 Å². The normalized spacial score (nSPS) is 15.2. The number of nitrogens with zero attached hydrogens (tertiary/aromatic N) is 1. The Balaban J connectivity index is 1.99. The summed E-state index contributed by atoms with van der Waals surface area (Å²) in [6.45, 7) is 0. The third-order valence-electron chi connectivity index (χ3n) is 3.42. The average molecular weight is 327 g/mol. The lowest BCUT2D eigenvalue weighted by molar-refractivity contribution is -0.129. The first kappa shape index (κ1) is 15.7. The van der Waals surface area contributed by atoms with Crippen molar-refractivity contribution in [1.82, 2.24) is 0 Å². The number of benzene rings is 2. The van der Waals surface area contributed by atoms with Crippen LogP contribution in [0.15, 0.2) is 53.2 Å². The Bertz CT molecular complexity index is 836. The van der Waals surface area contributed by atoms with Crippen LogP contribution in [0.25, 0.3) is 6.08 Å². The summed E-state index contributed by atoms with van der Waals surface area (Å²) in [6.07, 6.45) is 1.35. The molecule has 1 aliphatic rings. The molecule has 6 heteroatoms. The second kappa shape index (κ2) is 6.54. The lowest BCUT2D eigenvalue weighted by atomic mass is 10.2. The van der Waals surface area contributed by atoms with Gasteiger partial charge in [-0.1, -0.05) is 18.2 Å². The SMILES string of the molecule is COc1cc(OC)cc(C2=N/C(=C\c3ccccc3F)C(=O)O2)c1. The molecule has 0 radical (unpaired) electrons. The molecule has 3 rings (SSSR count). The van der Waals surface area contributed by atoms with Crippen LogP contribution in [0.1, 0.15) is 11.1 Å². The van der Waals surface area contributed by atoms with Gasteiger partial charge in [0.15, 0.2) is 5.70 Å². The van der Waals surface area contributed by atoms with Crippen LogP contribution in [0.5, 0.6) is 11.5 Å². The molecule has 1 heterocycles. The van der Waals surface area contributed by atoms with Gasteiger partial charge in [-0.2, -0.15) is 0 Å². The Morgan fingerprint density at radius 2 is 1.75 bits per heavy atom. The molecular formula is C18H14FNO4. The van der Waals surface area contributed by atoms with Crippen LogP contribution >= 0.6 is 0 Å². The zero-order chi connectivity index (χ0) is 17.1. The minimum atomic E-state index is -0.643. The van der Waals surface area contributed by atoms with Gasteiger partial charge in [-0.15, -0.1) is 0 Å². The van der Waals surface area contributed by atoms with Gasteiger partial charge >= 0.3 is 5.97 Å². The molecule has 2 aromatic rings. The number of rotatable bonds is 4. The van der Waals surface area contributed by atoms with Gasteiger partial charge in [0.2, 0.25) is 5.90 Å². The number of esters is 1. The Morgan fingerprint density at radius 3 is 2.38 bits per heavy atom. The summed E-state index contributed by atoms with van der Waals surface area (Å²) in [5.41, 5.74) is 0.811. The van der Waals surface area contributed by atoms with Crippen molar-refractivity contribution in [3.8, 4) is 11.5 Å². The first-order valence-electron chi connectivity index (χ1n) is 7.11. The standard InChI is InChI=1S/C18H14FNO4/c1-22-13-7-12(8-14(10-13)23-2)17-20-16(18(21)24-17)9-11-5-3-4-6-15(11)19/h3-10H,1-2H3/b16-9-. The Kier molecular flexibility index (Phi) is 4.29. The number of carbonyl (C=O) groups is 1. The maximum absolute atomic E-state index is 13.7. The molecule has 2 aromatic carbocycles. The zero-order valence-corrected chi connectivity index (χ0v) is 13.1. The molecule has 1 aliphatic heterocycles. The van der Waals surface area contributed by atoms with Gasteiger partial charge in [0.25, 0.3) is 0 Å². The van der Waals surface area contributed by atoms with Crippen LogP contribution in [-0.4, -0.2) is 26.1 Å². The van der Waals surface area contributed by atoms with E-state index in [9.17, 15) is 9.18 Å². The van der Waals surface area contributed by atoms with Crippen molar-refractivity contribution >= 4 is 17.9 Å². The second-order valence-corrected chi connectivity index (χ2v) is 4.96. The molecule has 122 valence electrons. The lowest BCUT2D eigenvalue weighted by Gasteiger charge is -2.07. The number of hydrogen-bond donors (Lipinski definition) is 0. The zero-order valence-electron chi connectivity index (χ0n) is 13.1. The quantitative estimate of drug-likeness (QED) is 0.639. The number of cyclic esters (lactones) is 1. The highest BCUT2D eigenvalue weighted by molar-refractivity contribution is 6.13.